The number of para-hydroxylation sites is 1. The zero-order chi connectivity index (χ0) is 19.2. The van der Waals surface area contributed by atoms with Gasteiger partial charge in [0.2, 0.25) is 11.6 Å². The fraction of sp³-hybridized carbons (Fsp3) is 0. The van der Waals surface area contributed by atoms with E-state index < -0.39 is 64.8 Å². The Labute approximate surface area is 138 Å². The van der Waals surface area contributed by atoms with Crippen molar-refractivity contribution in [1.29, 1.82) is 0 Å². The highest BCUT2D eigenvalue weighted by atomic mass is 32.2. The van der Waals surface area contributed by atoms with Crippen LogP contribution in [0.2, 0.25) is 0 Å². The van der Waals surface area contributed by atoms with Crippen molar-refractivity contribution in [3.05, 3.63) is 47.5 Å². The van der Waals surface area contributed by atoms with Gasteiger partial charge in [0, 0.05) is 0 Å². The van der Waals surface area contributed by atoms with Crippen LogP contribution in [0.5, 0.6) is 11.5 Å². The monoisotopic (exact) mass is 402 g/mol. The maximum absolute atomic E-state index is 13.9. The van der Waals surface area contributed by atoms with E-state index in [9.17, 15) is 34.4 Å². The molecule has 0 aliphatic rings. The third kappa shape index (κ3) is 3.58. The smallest absolute Gasteiger partial charge is 0.301 e. The minimum Gasteiger partial charge on any atom is -0.451 e. The summed E-state index contributed by atoms with van der Waals surface area (Å²) in [4.78, 5) is -3.10. The number of ether oxygens (including phenoxy) is 1. The maximum Gasteiger partial charge on any atom is 0.301 e. The first-order valence-electron chi connectivity index (χ1n) is 5.93. The molecule has 0 aliphatic carbocycles. The molecule has 0 saturated heterocycles. The predicted molar refractivity (Wildman–Crippen MR) is 72.4 cm³/mol. The first-order chi connectivity index (χ1) is 11.4. The first-order valence-corrected chi connectivity index (χ1v) is 8.81. The molecule has 0 atom stereocenters. The summed E-state index contributed by atoms with van der Waals surface area (Å²) < 4.78 is 121. The van der Waals surface area contributed by atoms with Crippen molar-refractivity contribution < 1.29 is 48.2 Å². The SMILES string of the molecule is O=S(=O)(O)c1ccccc1Oc1c(F)c(F)c(F)c(F)c1S(=O)(=O)O. The summed E-state index contributed by atoms with van der Waals surface area (Å²) in [5.41, 5.74) is 0. The predicted octanol–water partition coefficient (Wildman–Crippen LogP) is 2.53. The molecule has 0 bridgehead atoms. The Balaban J connectivity index is 2.83. The molecule has 0 radical (unpaired) electrons. The van der Waals surface area contributed by atoms with E-state index in [0.29, 0.717) is 0 Å². The van der Waals surface area contributed by atoms with Crippen LogP contribution in [0.1, 0.15) is 0 Å². The van der Waals surface area contributed by atoms with Gasteiger partial charge in [-0.1, -0.05) is 12.1 Å². The molecule has 2 aromatic rings. The largest absolute Gasteiger partial charge is 0.451 e. The van der Waals surface area contributed by atoms with Crippen molar-refractivity contribution in [1.82, 2.24) is 0 Å². The normalized spacial score (nSPS) is 12.2. The molecule has 13 heteroatoms. The van der Waals surface area contributed by atoms with Gasteiger partial charge in [-0.3, -0.25) is 9.11 Å². The van der Waals surface area contributed by atoms with E-state index in [0.717, 1.165) is 24.3 Å². The van der Waals surface area contributed by atoms with Crippen LogP contribution in [0.25, 0.3) is 0 Å². The summed E-state index contributed by atoms with van der Waals surface area (Å²) in [5.74, 6) is -12.6. The molecule has 2 rings (SSSR count). The van der Waals surface area contributed by atoms with Crippen molar-refractivity contribution in [2.24, 2.45) is 0 Å². The number of halogens is 4. The molecule has 0 unspecified atom stereocenters. The Bertz CT molecular complexity index is 1070. The summed E-state index contributed by atoms with van der Waals surface area (Å²) in [6, 6.07) is 3.69. The molecule has 0 heterocycles. The molecule has 2 N–H and O–H groups in total. The van der Waals surface area contributed by atoms with Crippen LogP contribution in [-0.2, 0) is 20.2 Å². The van der Waals surface area contributed by atoms with Crippen LogP contribution in [0.4, 0.5) is 17.6 Å². The van der Waals surface area contributed by atoms with Gasteiger partial charge in [0.1, 0.15) is 10.6 Å². The topological polar surface area (TPSA) is 118 Å². The molecular formula is C12H6F4O7S2. The third-order valence-electron chi connectivity index (χ3n) is 2.78. The quantitative estimate of drug-likeness (QED) is 0.349. The lowest BCUT2D eigenvalue weighted by molar-refractivity contribution is 0.344. The molecule has 0 aliphatic heterocycles. The Morgan fingerprint density at radius 2 is 1.28 bits per heavy atom. The summed E-state index contributed by atoms with van der Waals surface area (Å²) in [5, 5.41) is 0. The molecule has 2 aromatic carbocycles. The van der Waals surface area contributed by atoms with E-state index in [1.807, 2.05) is 0 Å². The molecule has 0 spiro atoms. The average molecular weight is 402 g/mol. The number of benzene rings is 2. The second kappa shape index (κ2) is 6.25. The lowest BCUT2D eigenvalue weighted by Gasteiger charge is -2.14. The van der Waals surface area contributed by atoms with Gasteiger partial charge in [0.15, 0.2) is 22.3 Å². The van der Waals surface area contributed by atoms with Gasteiger partial charge in [0.05, 0.1) is 0 Å². The number of rotatable bonds is 4. The van der Waals surface area contributed by atoms with Crippen LogP contribution in [-0.4, -0.2) is 25.9 Å². The van der Waals surface area contributed by atoms with Gasteiger partial charge in [-0.15, -0.1) is 0 Å². The van der Waals surface area contributed by atoms with Gasteiger partial charge in [-0.2, -0.15) is 21.2 Å². The van der Waals surface area contributed by atoms with Crippen molar-refractivity contribution in [3.8, 4) is 11.5 Å². The van der Waals surface area contributed by atoms with Gasteiger partial charge in [0.25, 0.3) is 10.1 Å². The summed E-state index contributed by atoms with van der Waals surface area (Å²) in [6.45, 7) is 0. The minimum absolute atomic E-state index is 0.742. The third-order valence-corrected chi connectivity index (χ3v) is 4.55. The van der Waals surface area contributed by atoms with Crippen molar-refractivity contribution in [2.75, 3.05) is 0 Å². The van der Waals surface area contributed by atoms with E-state index in [-0.39, 0.29) is 0 Å². The van der Waals surface area contributed by atoms with Gasteiger partial charge in [-0.05, 0) is 12.1 Å². The van der Waals surface area contributed by atoms with Gasteiger partial charge >= 0.3 is 10.1 Å². The van der Waals surface area contributed by atoms with Crippen molar-refractivity contribution in [2.45, 2.75) is 9.79 Å². The maximum atomic E-state index is 13.9. The van der Waals surface area contributed by atoms with E-state index in [1.165, 1.54) is 0 Å². The first kappa shape index (κ1) is 19.1. The Morgan fingerprint density at radius 3 is 1.80 bits per heavy atom. The standard InChI is InChI=1S/C12H6F4O7S2/c13-7-8(14)10(16)12(25(20,21)22)11(9(7)15)23-5-3-1-2-4-6(5)24(17,18)19/h1-4H,(H,17,18,19)(H,20,21,22). The number of hydrogen-bond acceptors (Lipinski definition) is 5. The summed E-state index contributed by atoms with van der Waals surface area (Å²) in [7, 11) is -10.6. The average Bonchev–Trinajstić information content (AvgIpc) is 2.48. The highest BCUT2D eigenvalue weighted by molar-refractivity contribution is 7.86. The fourth-order valence-electron chi connectivity index (χ4n) is 1.77. The lowest BCUT2D eigenvalue weighted by atomic mass is 10.2. The van der Waals surface area contributed by atoms with Gasteiger partial charge < -0.3 is 4.74 Å². The molecule has 0 aromatic heterocycles. The zero-order valence-electron chi connectivity index (χ0n) is 11.6. The Hall–Kier alpha value is -2.22. The second-order valence-corrected chi connectivity index (χ2v) is 7.16. The van der Waals surface area contributed by atoms with Crippen LogP contribution < -0.4 is 4.74 Å². The Morgan fingerprint density at radius 1 is 0.760 bits per heavy atom. The summed E-state index contributed by atoms with van der Waals surface area (Å²) >= 11 is 0. The molecule has 0 saturated carbocycles. The second-order valence-electron chi connectivity index (χ2n) is 4.41. The van der Waals surface area contributed by atoms with Crippen LogP contribution in [0.15, 0.2) is 34.1 Å². The minimum atomic E-state index is -5.65. The zero-order valence-corrected chi connectivity index (χ0v) is 13.2. The van der Waals surface area contributed by atoms with Gasteiger partial charge in [-0.25, -0.2) is 13.2 Å². The van der Waals surface area contributed by atoms with Crippen molar-refractivity contribution in [3.63, 3.8) is 0 Å². The van der Waals surface area contributed by atoms with Crippen LogP contribution >= 0.6 is 0 Å². The van der Waals surface area contributed by atoms with Crippen LogP contribution in [0, 0.1) is 23.3 Å². The van der Waals surface area contributed by atoms with E-state index in [2.05, 4.69) is 4.74 Å². The van der Waals surface area contributed by atoms with Crippen LogP contribution in [0.3, 0.4) is 0 Å². The number of hydrogen-bond donors (Lipinski definition) is 2. The molecule has 136 valence electrons. The Kier molecular flexibility index (Phi) is 4.78. The highest BCUT2D eigenvalue weighted by Crippen LogP contribution is 2.38. The molecular weight excluding hydrogens is 396 g/mol. The summed E-state index contributed by atoms with van der Waals surface area (Å²) in [6.07, 6.45) is 0. The lowest BCUT2D eigenvalue weighted by Crippen LogP contribution is -2.11. The van der Waals surface area contributed by atoms with E-state index >= 15 is 0 Å². The fourth-order valence-corrected chi connectivity index (χ4v) is 3.07. The van der Waals surface area contributed by atoms with E-state index in [1.54, 1.807) is 0 Å². The highest BCUT2D eigenvalue weighted by Gasteiger charge is 2.34. The van der Waals surface area contributed by atoms with E-state index in [4.69, 9.17) is 9.11 Å². The molecule has 0 amide bonds. The molecule has 7 nitrogen and oxygen atoms in total. The van der Waals surface area contributed by atoms with Crippen molar-refractivity contribution >= 4 is 20.2 Å². The molecule has 0 fully saturated rings. The molecule has 25 heavy (non-hydrogen) atoms.